The average molecular weight is 337 g/mol. The molecular formula is C20H21N2O3+. The predicted molar refractivity (Wildman–Crippen MR) is 98.3 cm³/mol. The van der Waals surface area contributed by atoms with E-state index < -0.39 is 0 Å². The van der Waals surface area contributed by atoms with Crippen LogP contribution < -0.4 is 15.0 Å². The Balaban J connectivity index is 1.94. The van der Waals surface area contributed by atoms with Crippen molar-refractivity contribution in [1.29, 1.82) is 0 Å². The molecule has 2 N–H and O–H groups in total. The third-order valence-corrected chi connectivity index (χ3v) is 4.25. The van der Waals surface area contributed by atoms with E-state index in [1.165, 1.54) is 7.11 Å². The van der Waals surface area contributed by atoms with Gasteiger partial charge >= 0.3 is 6.09 Å². The number of ether oxygens (including phenoxy) is 2. The van der Waals surface area contributed by atoms with Crippen molar-refractivity contribution < 1.29 is 14.3 Å². The van der Waals surface area contributed by atoms with Gasteiger partial charge in [0.1, 0.15) is 29.4 Å². The second kappa shape index (κ2) is 7.34. The molecule has 0 spiro atoms. The standard InChI is InChI=1S/C20H21N2O3/c1-24-20(23)22(14-6-5-7-17(22)15-21)16-10-12-19(13-11-16)25-18-8-3-2-4-9-18/h2-13H,14-15,21H2,1H3/q+1. The molecule has 2 aromatic rings. The van der Waals surface area contributed by atoms with Gasteiger partial charge in [-0.2, -0.15) is 9.28 Å². The highest BCUT2D eigenvalue weighted by molar-refractivity contribution is 5.86. The maximum atomic E-state index is 12.6. The van der Waals surface area contributed by atoms with Gasteiger partial charge in [0.25, 0.3) is 0 Å². The van der Waals surface area contributed by atoms with Crippen molar-refractivity contribution >= 4 is 11.8 Å². The Morgan fingerprint density at radius 2 is 1.76 bits per heavy atom. The molecule has 0 radical (unpaired) electrons. The molecule has 0 fully saturated rings. The van der Waals surface area contributed by atoms with Gasteiger partial charge in [-0.05, 0) is 36.4 Å². The number of rotatable bonds is 4. The summed E-state index contributed by atoms with van der Waals surface area (Å²) in [5.74, 6) is 1.46. The minimum absolute atomic E-state index is 0.0604. The molecule has 2 aromatic carbocycles. The fourth-order valence-electron chi connectivity index (χ4n) is 2.98. The number of allylic oxidation sites excluding steroid dienone is 2. The van der Waals surface area contributed by atoms with Gasteiger partial charge in [0.15, 0.2) is 0 Å². The van der Waals surface area contributed by atoms with E-state index >= 15 is 0 Å². The zero-order chi connectivity index (χ0) is 17.7. The predicted octanol–water partition coefficient (Wildman–Crippen LogP) is 3.97. The van der Waals surface area contributed by atoms with Crippen molar-refractivity contribution in [2.45, 2.75) is 0 Å². The van der Waals surface area contributed by atoms with Crippen LogP contribution in [0.15, 0.2) is 78.5 Å². The van der Waals surface area contributed by atoms with Crippen LogP contribution in [0.4, 0.5) is 10.5 Å². The summed E-state index contributed by atoms with van der Waals surface area (Å²) in [7, 11) is 1.39. The molecule has 0 aliphatic carbocycles. The van der Waals surface area contributed by atoms with E-state index in [2.05, 4.69) is 0 Å². The Bertz CT molecular complexity index is 797. The summed E-state index contributed by atoms with van der Waals surface area (Å²) in [5, 5.41) is 0. The van der Waals surface area contributed by atoms with Crippen LogP contribution in [-0.2, 0) is 4.74 Å². The van der Waals surface area contributed by atoms with Crippen molar-refractivity contribution in [2.75, 3.05) is 20.2 Å². The van der Waals surface area contributed by atoms with Crippen LogP contribution in [0.5, 0.6) is 11.5 Å². The number of hydrogen-bond donors (Lipinski definition) is 1. The molecule has 5 heteroatoms. The smallest absolute Gasteiger partial charge is 0.457 e. The number of nitrogens with two attached hydrogens (primary N) is 1. The first-order chi connectivity index (χ1) is 12.2. The maximum absolute atomic E-state index is 12.6. The second-order valence-corrected chi connectivity index (χ2v) is 5.66. The highest BCUT2D eigenvalue weighted by atomic mass is 16.5. The molecule has 1 unspecified atom stereocenters. The molecule has 3 rings (SSSR count). The average Bonchev–Trinajstić information content (AvgIpc) is 2.68. The highest BCUT2D eigenvalue weighted by Crippen LogP contribution is 2.34. The minimum atomic E-state index is -0.363. The summed E-state index contributed by atoms with van der Waals surface area (Å²) in [4.78, 5) is 12.6. The van der Waals surface area contributed by atoms with Gasteiger partial charge < -0.3 is 15.2 Å². The van der Waals surface area contributed by atoms with Crippen molar-refractivity contribution in [3.05, 3.63) is 78.5 Å². The number of para-hydroxylation sites is 1. The number of benzene rings is 2. The summed E-state index contributed by atoms with van der Waals surface area (Å²) in [6, 6.07) is 17.0. The first-order valence-corrected chi connectivity index (χ1v) is 8.07. The molecule has 1 aliphatic rings. The van der Waals surface area contributed by atoms with E-state index in [0.29, 0.717) is 12.3 Å². The van der Waals surface area contributed by atoms with Crippen molar-refractivity contribution in [3.63, 3.8) is 0 Å². The van der Waals surface area contributed by atoms with Crippen molar-refractivity contribution in [3.8, 4) is 11.5 Å². The summed E-state index contributed by atoms with van der Waals surface area (Å²) in [5.41, 5.74) is 7.46. The zero-order valence-electron chi connectivity index (χ0n) is 14.1. The summed E-state index contributed by atoms with van der Waals surface area (Å²) >= 11 is 0. The lowest BCUT2D eigenvalue weighted by Gasteiger charge is -2.35. The minimum Gasteiger partial charge on any atom is -0.457 e. The lowest BCUT2D eigenvalue weighted by atomic mass is 10.1. The summed E-state index contributed by atoms with van der Waals surface area (Å²) < 4.78 is 10.8. The molecule has 0 bridgehead atoms. The molecule has 5 nitrogen and oxygen atoms in total. The number of hydrogen-bond acceptors (Lipinski definition) is 4. The van der Waals surface area contributed by atoms with Gasteiger partial charge in [-0.1, -0.05) is 24.3 Å². The molecule has 25 heavy (non-hydrogen) atoms. The zero-order valence-corrected chi connectivity index (χ0v) is 14.1. The lowest BCUT2D eigenvalue weighted by molar-refractivity contribution is 0.139. The SMILES string of the molecule is COC(=O)[N+]1(c2ccc(Oc3ccccc3)cc2)CC=CC=C1CN. The Labute approximate surface area is 147 Å². The number of methoxy groups -OCH3 is 1. The third-order valence-electron chi connectivity index (χ3n) is 4.25. The summed E-state index contributed by atoms with van der Waals surface area (Å²) in [6.07, 6.45) is 5.35. The van der Waals surface area contributed by atoms with Crippen LogP contribution >= 0.6 is 0 Å². The summed E-state index contributed by atoms with van der Waals surface area (Å²) in [6.45, 7) is 0.732. The Hall–Kier alpha value is -2.89. The fraction of sp³-hybridized carbons (Fsp3) is 0.150. The first-order valence-electron chi connectivity index (χ1n) is 8.07. The Kier molecular flexibility index (Phi) is 4.97. The molecule has 0 saturated carbocycles. The van der Waals surface area contributed by atoms with Crippen LogP contribution in [0.25, 0.3) is 0 Å². The van der Waals surface area contributed by atoms with Crippen molar-refractivity contribution in [2.24, 2.45) is 5.73 Å². The number of carbonyl (C=O) groups excluding carboxylic acids is 1. The monoisotopic (exact) mass is 337 g/mol. The second-order valence-electron chi connectivity index (χ2n) is 5.66. The van der Waals surface area contributed by atoms with Crippen LogP contribution in [0, 0.1) is 0 Å². The number of carbonyl (C=O) groups is 1. The molecular weight excluding hydrogens is 316 g/mol. The normalized spacial score (nSPS) is 19.2. The lowest BCUT2D eigenvalue weighted by Crippen LogP contribution is -2.55. The molecule has 0 aromatic heterocycles. The van der Waals surface area contributed by atoms with E-state index in [4.69, 9.17) is 15.2 Å². The molecule has 1 amide bonds. The number of quaternary nitrogens is 1. The van der Waals surface area contributed by atoms with E-state index in [9.17, 15) is 4.79 Å². The van der Waals surface area contributed by atoms with Gasteiger partial charge in [0.05, 0.1) is 13.7 Å². The van der Waals surface area contributed by atoms with Gasteiger partial charge in [-0.3, -0.25) is 0 Å². The molecule has 1 heterocycles. The van der Waals surface area contributed by atoms with Gasteiger partial charge in [0.2, 0.25) is 0 Å². The third kappa shape index (κ3) is 3.20. The van der Waals surface area contributed by atoms with E-state index in [-0.39, 0.29) is 17.1 Å². The fourth-order valence-corrected chi connectivity index (χ4v) is 2.98. The van der Waals surface area contributed by atoms with E-state index in [1.807, 2.05) is 72.8 Å². The van der Waals surface area contributed by atoms with Crippen LogP contribution in [0.3, 0.4) is 0 Å². The van der Waals surface area contributed by atoms with E-state index in [1.54, 1.807) is 0 Å². The van der Waals surface area contributed by atoms with Crippen LogP contribution in [0.2, 0.25) is 0 Å². The highest BCUT2D eigenvalue weighted by Gasteiger charge is 2.44. The Morgan fingerprint density at radius 3 is 2.40 bits per heavy atom. The van der Waals surface area contributed by atoms with Crippen LogP contribution in [0.1, 0.15) is 0 Å². The molecule has 0 saturated heterocycles. The Morgan fingerprint density at radius 1 is 1.08 bits per heavy atom. The van der Waals surface area contributed by atoms with Gasteiger partial charge in [-0.15, -0.1) is 0 Å². The largest absolute Gasteiger partial charge is 0.526 e. The molecule has 128 valence electrons. The van der Waals surface area contributed by atoms with Gasteiger partial charge in [-0.25, -0.2) is 0 Å². The molecule has 1 aliphatic heterocycles. The quantitative estimate of drug-likeness (QED) is 0.858. The van der Waals surface area contributed by atoms with Crippen molar-refractivity contribution in [1.82, 2.24) is 4.48 Å². The van der Waals surface area contributed by atoms with Crippen LogP contribution in [-0.4, -0.2) is 26.3 Å². The number of amides is 1. The topological polar surface area (TPSA) is 61.5 Å². The maximum Gasteiger partial charge on any atom is 0.526 e. The van der Waals surface area contributed by atoms with E-state index in [0.717, 1.165) is 17.1 Å². The van der Waals surface area contributed by atoms with Gasteiger partial charge in [0, 0.05) is 12.1 Å². The number of nitrogens with zero attached hydrogens (tertiary/aromatic N) is 1. The molecule has 1 atom stereocenters. The first kappa shape index (κ1) is 17.0.